The largest absolute Gasteiger partial charge is 0.395 e. The maximum atomic E-state index is 11.4. The Hall–Kier alpha value is -1.90. The highest BCUT2D eigenvalue weighted by Crippen LogP contribution is 2.32. The normalized spacial score (nSPS) is 23.1. The first kappa shape index (κ1) is 12.6. The van der Waals surface area contributed by atoms with E-state index in [1.165, 1.54) is 0 Å². The number of ether oxygens (including phenoxy) is 1. The van der Waals surface area contributed by atoms with Gasteiger partial charge < -0.3 is 4.74 Å². The molecule has 0 spiro atoms. The van der Waals surface area contributed by atoms with Crippen molar-refractivity contribution in [2.45, 2.75) is 19.3 Å². The van der Waals surface area contributed by atoms with Crippen molar-refractivity contribution in [3.8, 4) is 0 Å². The van der Waals surface area contributed by atoms with Crippen LogP contribution in [-0.4, -0.2) is 12.4 Å². The number of allylic oxidation sites excluding steroid dienone is 1. The molecular formula is C15H16O3. The number of carbonyl (C=O) groups excluding carboxylic acids is 2. The molecule has 0 N–H and O–H groups in total. The summed E-state index contributed by atoms with van der Waals surface area (Å²) in [4.78, 5) is 21.5. The van der Waals surface area contributed by atoms with Crippen LogP contribution in [0.3, 0.4) is 0 Å². The summed E-state index contributed by atoms with van der Waals surface area (Å²) in [5.41, 5.74) is 1.16. The molecule has 1 aromatic carbocycles. The van der Waals surface area contributed by atoms with Gasteiger partial charge in [0.2, 0.25) is 0 Å². The van der Waals surface area contributed by atoms with Gasteiger partial charge in [0.25, 0.3) is 0 Å². The number of hydrogen-bond acceptors (Lipinski definition) is 3. The fraction of sp³-hybridized carbons (Fsp3) is 0.333. The molecule has 1 aliphatic rings. The molecule has 3 heteroatoms. The van der Waals surface area contributed by atoms with Crippen molar-refractivity contribution in [3.63, 3.8) is 0 Å². The first-order valence-electron chi connectivity index (χ1n) is 6.17. The lowest BCUT2D eigenvalue weighted by molar-refractivity contribution is -0.154. The first-order chi connectivity index (χ1) is 8.79. The van der Waals surface area contributed by atoms with E-state index in [1.807, 2.05) is 30.3 Å². The molecule has 18 heavy (non-hydrogen) atoms. The maximum absolute atomic E-state index is 11.4. The van der Waals surface area contributed by atoms with Crippen LogP contribution in [0.5, 0.6) is 0 Å². The summed E-state index contributed by atoms with van der Waals surface area (Å²) in [7, 11) is 0. The van der Waals surface area contributed by atoms with Gasteiger partial charge in [-0.3, -0.25) is 9.59 Å². The molecule has 1 aromatic rings. The van der Waals surface area contributed by atoms with Crippen LogP contribution in [0.25, 0.3) is 6.08 Å². The summed E-state index contributed by atoms with van der Waals surface area (Å²) >= 11 is 0. The van der Waals surface area contributed by atoms with Crippen molar-refractivity contribution in [2.24, 2.45) is 11.8 Å². The zero-order valence-electron chi connectivity index (χ0n) is 10.1. The summed E-state index contributed by atoms with van der Waals surface area (Å²) in [6.07, 6.45) is 6.77. The average Bonchev–Trinajstić information content (AvgIpc) is 2.87. The van der Waals surface area contributed by atoms with Gasteiger partial charge in [0.05, 0.1) is 5.92 Å². The number of benzene rings is 1. The third kappa shape index (κ3) is 3.29. The van der Waals surface area contributed by atoms with E-state index in [9.17, 15) is 9.59 Å². The van der Waals surface area contributed by atoms with Crippen molar-refractivity contribution >= 4 is 18.5 Å². The standard InChI is InChI=1S/C15H16O3/c16-11-18-15(17)14-9-8-13(10-14)7-6-12-4-2-1-3-5-12/h1-7,11,13-14H,8-10H2/b7-6+/t13-,14?/m1/s1. The van der Waals surface area contributed by atoms with Crippen molar-refractivity contribution in [1.82, 2.24) is 0 Å². The second kappa shape index (κ2) is 6.15. The van der Waals surface area contributed by atoms with E-state index < -0.39 is 0 Å². The lowest BCUT2D eigenvalue weighted by atomic mass is 10.0. The topological polar surface area (TPSA) is 43.4 Å². The van der Waals surface area contributed by atoms with E-state index in [-0.39, 0.29) is 18.4 Å². The minimum atomic E-state index is -0.388. The first-order valence-corrected chi connectivity index (χ1v) is 6.17. The van der Waals surface area contributed by atoms with E-state index in [0.717, 1.165) is 24.8 Å². The highest BCUT2D eigenvalue weighted by molar-refractivity contribution is 5.79. The van der Waals surface area contributed by atoms with E-state index in [0.29, 0.717) is 5.92 Å². The highest BCUT2D eigenvalue weighted by atomic mass is 16.6. The van der Waals surface area contributed by atoms with Gasteiger partial charge in [0.1, 0.15) is 0 Å². The minimum Gasteiger partial charge on any atom is -0.395 e. The number of esters is 1. The maximum Gasteiger partial charge on any atom is 0.316 e. The van der Waals surface area contributed by atoms with Gasteiger partial charge in [0.15, 0.2) is 0 Å². The SMILES string of the molecule is O=COC(=O)C1CC[C@@H](/C=C/c2ccccc2)C1. The molecule has 2 atom stereocenters. The van der Waals surface area contributed by atoms with Gasteiger partial charge in [-0.1, -0.05) is 42.5 Å². The second-order valence-corrected chi connectivity index (χ2v) is 4.57. The lowest BCUT2D eigenvalue weighted by Crippen LogP contribution is -2.14. The Morgan fingerprint density at radius 3 is 2.72 bits per heavy atom. The van der Waals surface area contributed by atoms with Gasteiger partial charge in [0, 0.05) is 0 Å². The van der Waals surface area contributed by atoms with Crippen molar-refractivity contribution in [1.29, 1.82) is 0 Å². The predicted octanol–water partition coefficient (Wildman–Crippen LogP) is 2.82. The number of carbonyl (C=O) groups is 2. The third-order valence-corrected chi connectivity index (χ3v) is 3.33. The Balaban J connectivity index is 1.88. The van der Waals surface area contributed by atoms with Crippen molar-refractivity contribution in [3.05, 3.63) is 42.0 Å². The fourth-order valence-corrected chi connectivity index (χ4v) is 2.36. The Morgan fingerprint density at radius 1 is 1.22 bits per heavy atom. The van der Waals surface area contributed by atoms with Gasteiger partial charge >= 0.3 is 12.4 Å². The molecule has 2 rings (SSSR count). The Labute approximate surface area is 106 Å². The molecule has 1 saturated carbocycles. The zero-order valence-corrected chi connectivity index (χ0v) is 10.1. The second-order valence-electron chi connectivity index (χ2n) is 4.57. The molecule has 0 aliphatic heterocycles. The molecule has 0 heterocycles. The van der Waals surface area contributed by atoms with Crippen LogP contribution in [0.1, 0.15) is 24.8 Å². The van der Waals surface area contributed by atoms with Gasteiger partial charge in [-0.15, -0.1) is 0 Å². The van der Waals surface area contributed by atoms with Gasteiger partial charge in [-0.25, -0.2) is 0 Å². The fourth-order valence-electron chi connectivity index (χ4n) is 2.36. The monoisotopic (exact) mass is 244 g/mol. The summed E-state index contributed by atoms with van der Waals surface area (Å²) in [6.45, 7) is 0.218. The molecule has 1 unspecified atom stereocenters. The number of rotatable bonds is 4. The van der Waals surface area contributed by atoms with E-state index >= 15 is 0 Å². The minimum absolute atomic E-state index is 0.124. The van der Waals surface area contributed by atoms with Crippen LogP contribution in [0.4, 0.5) is 0 Å². The molecule has 94 valence electrons. The van der Waals surface area contributed by atoms with E-state index in [4.69, 9.17) is 0 Å². The molecule has 1 fully saturated rings. The van der Waals surface area contributed by atoms with Crippen molar-refractivity contribution < 1.29 is 14.3 Å². The van der Waals surface area contributed by atoms with Crippen LogP contribution in [0.2, 0.25) is 0 Å². The molecule has 0 bridgehead atoms. The third-order valence-electron chi connectivity index (χ3n) is 3.33. The molecule has 0 amide bonds. The van der Waals surface area contributed by atoms with Crippen LogP contribution < -0.4 is 0 Å². The molecular weight excluding hydrogens is 228 g/mol. The van der Waals surface area contributed by atoms with Crippen LogP contribution in [-0.2, 0) is 14.3 Å². The quantitative estimate of drug-likeness (QED) is 0.464. The predicted molar refractivity (Wildman–Crippen MR) is 68.5 cm³/mol. The smallest absolute Gasteiger partial charge is 0.316 e. The Kier molecular flexibility index (Phi) is 4.29. The molecule has 0 radical (unpaired) electrons. The number of hydrogen-bond donors (Lipinski definition) is 0. The molecule has 0 aromatic heterocycles. The molecule has 3 nitrogen and oxygen atoms in total. The average molecular weight is 244 g/mol. The van der Waals surface area contributed by atoms with E-state index in [1.54, 1.807) is 0 Å². The summed E-state index contributed by atoms with van der Waals surface area (Å²) < 4.78 is 4.39. The highest BCUT2D eigenvalue weighted by Gasteiger charge is 2.29. The summed E-state index contributed by atoms with van der Waals surface area (Å²) in [6, 6.07) is 10.1. The van der Waals surface area contributed by atoms with E-state index in [2.05, 4.69) is 16.9 Å². The Bertz CT molecular complexity index is 436. The van der Waals surface area contributed by atoms with Gasteiger partial charge in [-0.2, -0.15) is 0 Å². The van der Waals surface area contributed by atoms with Crippen LogP contribution >= 0.6 is 0 Å². The van der Waals surface area contributed by atoms with Crippen molar-refractivity contribution in [2.75, 3.05) is 0 Å². The van der Waals surface area contributed by atoms with Gasteiger partial charge in [-0.05, 0) is 30.7 Å². The molecule has 1 aliphatic carbocycles. The Morgan fingerprint density at radius 2 is 2.00 bits per heavy atom. The lowest BCUT2D eigenvalue weighted by Gasteiger charge is -2.05. The summed E-state index contributed by atoms with van der Waals surface area (Å²) in [5.74, 6) is -0.115. The summed E-state index contributed by atoms with van der Waals surface area (Å²) in [5, 5.41) is 0. The van der Waals surface area contributed by atoms with Crippen LogP contribution in [0.15, 0.2) is 36.4 Å². The molecule has 0 saturated heterocycles. The van der Waals surface area contributed by atoms with Crippen LogP contribution in [0, 0.1) is 11.8 Å². The zero-order chi connectivity index (χ0) is 12.8.